The Hall–Kier alpha value is -2.50. The number of aromatic nitrogens is 2. The van der Waals surface area contributed by atoms with Crippen LogP contribution in [-0.2, 0) is 5.54 Å². The van der Waals surface area contributed by atoms with Crippen molar-refractivity contribution in [2.24, 2.45) is 17.1 Å². The third kappa shape index (κ3) is 4.64. The van der Waals surface area contributed by atoms with Crippen LogP contribution < -0.4 is 10.5 Å². The van der Waals surface area contributed by atoms with Crippen LogP contribution in [-0.4, -0.2) is 27.8 Å². The SMILES string of the molecule is CC(N)(CO)c1ccc2c(-c3cncnc3)c(OC3CCC(C(C)(C)C)CC3)ccc2c1. The zero-order chi connectivity index (χ0) is 22.9. The third-order valence-corrected chi connectivity index (χ3v) is 7.01. The quantitative estimate of drug-likeness (QED) is 0.559. The molecule has 3 N–H and O–H groups in total. The zero-order valence-electron chi connectivity index (χ0n) is 19.6. The van der Waals surface area contributed by atoms with Gasteiger partial charge in [-0.2, -0.15) is 0 Å². The molecule has 0 bridgehead atoms. The van der Waals surface area contributed by atoms with Gasteiger partial charge in [0.2, 0.25) is 0 Å². The van der Waals surface area contributed by atoms with E-state index in [1.807, 2.05) is 25.4 Å². The zero-order valence-corrected chi connectivity index (χ0v) is 19.6. The highest BCUT2D eigenvalue weighted by Gasteiger charge is 2.31. The first-order valence-corrected chi connectivity index (χ1v) is 11.6. The lowest BCUT2D eigenvalue weighted by Crippen LogP contribution is -2.36. The van der Waals surface area contributed by atoms with Crippen LogP contribution in [0.15, 0.2) is 49.1 Å². The molecule has 1 aliphatic rings. The van der Waals surface area contributed by atoms with Gasteiger partial charge < -0.3 is 15.6 Å². The number of fused-ring (bicyclic) bond motifs is 1. The summed E-state index contributed by atoms with van der Waals surface area (Å²) in [5.41, 5.74) is 8.68. The van der Waals surface area contributed by atoms with E-state index in [-0.39, 0.29) is 12.7 Å². The summed E-state index contributed by atoms with van der Waals surface area (Å²) < 4.78 is 6.61. The van der Waals surface area contributed by atoms with Gasteiger partial charge in [-0.05, 0) is 72.4 Å². The molecule has 32 heavy (non-hydrogen) atoms. The number of rotatable bonds is 5. The van der Waals surface area contributed by atoms with E-state index in [1.165, 1.54) is 12.8 Å². The maximum atomic E-state index is 9.69. The average molecular weight is 434 g/mol. The molecular weight excluding hydrogens is 398 g/mol. The van der Waals surface area contributed by atoms with Crippen molar-refractivity contribution in [3.63, 3.8) is 0 Å². The van der Waals surface area contributed by atoms with Crippen molar-refractivity contribution in [1.82, 2.24) is 9.97 Å². The molecule has 0 aliphatic heterocycles. The van der Waals surface area contributed by atoms with Gasteiger partial charge in [0.25, 0.3) is 0 Å². The van der Waals surface area contributed by atoms with Crippen molar-refractivity contribution >= 4 is 10.8 Å². The molecule has 2 aromatic carbocycles. The molecule has 3 aromatic rings. The number of ether oxygens (including phenoxy) is 1. The minimum absolute atomic E-state index is 0.115. The van der Waals surface area contributed by atoms with E-state index in [2.05, 4.69) is 55.0 Å². The van der Waals surface area contributed by atoms with E-state index in [1.54, 1.807) is 6.33 Å². The van der Waals surface area contributed by atoms with Gasteiger partial charge in [0.15, 0.2) is 0 Å². The Morgan fingerprint density at radius 3 is 2.31 bits per heavy atom. The second kappa shape index (κ2) is 8.80. The molecule has 1 unspecified atom stereocenters. The van der Waals surface area contributed by atoms with Gasteiger partial charge in [-0.15, -0.1) is 0 Å². The smallest absolute Gasteiger partial charge is 0.128 e. The summed E-state index contributed by atoms with van der Waals surface area (Å²) in [6.07, 6.45) is 9.98. The molecule has 1 aliphatic carbocycles. The minimum Gasteiger partial charge on any atom is -0.490 e. The Labute approximate surface area is 191 Å². The average Bonchev–Trinajstić information content (AvgIpc) is 2.79. The maximum Gasteiger partial charge on any atom is 0.128 e. The van der Waals surface area contributed by atoms with Crippen LogP contribution in [0.1, 0.15) is 58.9 Å². The number of aliphatic hydroxyl groups is 1. The fraction of sp³-hybridized carbons (Fsp3) is 0.481. The van der Waals surface area contributed by atoms with Gasteiger partial charge >= 0.3 is 0 Å². The van der Waals surface area contributed by atoms with Gasteiger partial charge in [-0.25, -0.2) is 9.97 Å². The first kappa shape index (κ1) is 22.7. The lowest BCUT2D eigenvalue weighted by Gasteiger charge is -2.37. The molecule has 1 fully saturated rings. The molecule has 170 valence electrons. The van der Waals surface area contributed by atoms with Crippen LogP contribution in [0.4, 0.5) is 0 Å². The fourth-order valence-corrected chi connectivity index (χ4v) is 4.81. The van der Waals surface area contributed by atoms with Gasteiger partial charge in [0, 0.05) is 23.5 Å². The first-order chi connectivity index (χ1) is 15.2. The van der Waals surface area contributed by atoms with Gasteiger partial charge in [0.1, 0.15) is 12.1 Å². The second-order valence-corrected chi connectivity index (χ2v) is 10.5. The van der Waals surface area contributed by atoms with Crippen LogP contribution in [0.25, 0.3) is 21.9 Å². The molecule has 1 atom stereocenters. The number of hydrogen-bond donors (Lipinski definition) is 2. The molecule has 0 amide bonds. The number of hydrogen-bond acceptors (Lipinski definition) is 5. The van der Waals surface area contributed by atoms with Gasteiger partial charge in [-0.3, -0.25) is 0 Å². The molecule has 0 saturated heterocycles. The monoisotopic (exact) mass is 433 g/mol. The van der Waals surface area contributed by atoms with Crippen molar-refractivity contribution < 1.29 is 9.84 Å². The molecular formula is C27H35N3O2. The van der Waals surface area contributed by atoms with E-state index in [0.717, 1.165) is 52.0 Å². The summed E-state index contributed by atoms with van der Waals surface area (Å²) in [6, 6.07) is 10.2. The van der Waals surface area contributed by atoms with E-state index >= 15 is 0 Å². The third-order valence-electron chi connectivity index (χ3n) is 7.01. The predicted octanol–water partition coefficient (Wildman–Crippen LogP) is 5.45. The normalized spacial score (nSPS) is 21.3. The summed E-state index contributed by atoms with van der Waals surface area (Å²) >= 11 is 0. The van der Waals surface area contributed by atoms with Crippen LogP contribution in [0, 0.1) is 11.3 Å². The molecule has 5 heteroatoms. The van der Waals surface area contributed by atoms with Crippen molar-refractivity contribution in [2.45, 2.75) is 65.0 Å². The highest BCUT2D eigenvalue weighted by Crippen LogP contribution is 2.42. The van der Waals surface area contributed by atoms with E-state index in [9.17, 15) is 5.11 Å². The highest BCUT2D eigenvalue weighted by molar-refractivity contribution is 6.00. The highest BCUT2D eigenvalue weighted by atomic mass is 16.5. The largest absolute Gasteiger partial charge is 0.490 e. The topological polar surface area (TPSA) is 81.3 Å². The van der Waals surface area contributed by atoms with Crippen molar-refractivity contribution in [3.05, 3.63) is 54.6 Å². The standard InChI is InChI=1S/C27H35N3O2/c1-26(2,3)20-6-9-22(10-7-20)32-24-12-5-18-13-21(27(4,28)16-31)8-11-23(18)25(24)19-14-29-17-30-15-19/h5,8,11-15,17,20,22,31H,6-7,9-10,16,28H2,1-4H3. The molecule has 1 aromatic heterocycles. The predicted molar refractivity (Wildman–Crippen MR) is 129 cm³/mol. The summed E-state index contributed by atoms with van der Waals surface area (Å²) in [7, 11) is 0. The Kier molecular flexibility index (Phi) is 6.24. The molecule has 4 rings (SSSR count). The van der Waals surface area contributed by atoms with Crippen LogP contribution in [0.5, 0.6) is 5.75 Å². The van der Waals surface area contributed by atoms with Crippen LogP contribution >= 0.6 is 0 Å². The Bertz CT molecular complexity index is 1070. The minimum atomic E-state index is -0.787. The van der Waals surface area contributed by atoms with E-state index < -0.39 is 5.54 Å². The summed E-state index contributed by atoms with van der Waals surface area (Å²) in [4.78, 5) is 8.49. The Morgan fingerprint density at radius 1 is 1.00 bits per heavy atom. The fourth-order valence-electron chi connectivity index (χ4n) is 4.81. The van der Waals surface area contributed by atoms with E-state index in [0.29, 0.717) is 5.41 Å². The van der Waals surface area contributed by atoms with E-state index in [4.69, 9.17) is 10.5 Å². The maximum absolute atomic E-state index is 9.69. The molecule has 0 radical (unpaired) electrons. The van der Waals surface area contributed by atoms with Gasteiger partial charge in [-0.1, -0.05) is 39.0 Å². The summed E-state index contributed by atoms with van der Waals surface area (Å²) in [6.45, 7) is 8.75. The van der Waals surface area contributed by atoms with Crippen LogP contribution in [0.2, 0.25) is 0 Å². The number of aliphatic hydroxyl groups excluding tert-OH is 1. The Morgan fingerprint density at radius 2 is 1.69 bits per heavy atom. The summed E-state index contributed by atoms with van der Waals surface area (Å²) in [5.74, 6) is 1.62. The van der Waals surface area contributed by atoms with Crippen molar-refractivity contribution in [3.8, 4) is 16.9 Å². The molecule has 5 nitrogen and oxygen atoms in total. The second-order valence-electron chi connectivity index (χ2n) is 10.5. The number of nitrogens with two attached hydrogens (primary N) is 1. The summed E-state index contributed by atoms with van der Waals surface area (Å²) in [5, 5.41) is 11.8. The molecule has 1 heterocycles. The number of nitrogens with zero attached hydrogens (tertiary/aromatic N) is 2. The van der Waals surface area contributed by atoms with Gasteiger partial charge in [0.05, 0.1) is 18.2 Å². The number of benzene rings is 2. The lowest BCUT2D eigenvalue weighted by molar-refractivity contribution is 0.0886. The molecule has 1 saturated carbocycles. The molecule has 0 spiro atoms. The lowest BCUT2D eigenvalue weighted by atomic mass is 9.72. The van der Waals surface area contributed by atoms with Crippen LogP contribution in [0.3, 0.4) is 0 Å². The van der Waals surface area contributed by atoms with Crippen molar-refractivity contribution in [2.75, 3.05) is 6.61 Å². The van der Waals surface area contributed by atoms with Crippen molar-refractivity contribution in [1.29, 1.82) is 0 Å². The first-order valence-electron chi connectivity index (χ1n) is 11.6. The Balaban J connectivity index is 1.70.